The molecule has 2 atom stereocenters. The highest BCUT2D eigenvalue weighted by atomic mass is 79.9. The van der Waals surface area contributed by atoms with Crippen LogP contribution in [0.15, 0.2) is 16.6 Å². The van der Waals surface area contributed by atoms with E-state index in [-0.39, 0.29) is 11.9 Å². The Bertz CT molecular complexity index is 425. The van der Waals surface area contributed by atoms with Crippen LogP contribution in [0.5, 0.6) is 0 Å². The van der Waals surface area contributed by atoms with Gasteiger partial charge in [0, 0.05) is 27.1 Å². The number of fused-ring (bicyclic) bond motifs is 1. The van der Waals surface area contributed by atoms with Crippen molar-refractivity contribution in [1.82, 2.24) is 5.32 Å². The van der Waals surface area contributed by atoms with Gasteiger partial charge in [-0.1, -0.05) is 29.8 Å². The maximum atomic E-state index is 14.0. The van der Waals surface area contributed by atoms with Crippen LogP contribution in [0.4, 0.5) is 4.39 Å². The van der Waals surface area contributed by atoms with E-state index in [2.05, 4.69) is 41.2 Å². The summed E-state index contributed by atoms with van der Waals surface area (Å²) in [7, 11) is 0. The van der Waals surface area contributed by atoms with Crippen LogP contribution < -0.4 is 5.32 Å². The topological polar surface area (TPSA) is 12.0 Å². The zero-order valence-corrected chi connectivity index (χ0v) is 13.2. The van der Waals surface area contributed by atoms with E-state index in [4.69, 9.17) is 0 Å². The van der Waals surface area contributed by atoms with Gasteiger partial charge in [0.25, 0.3) is 0 Å². The molecule has 0 amide bonds. The van der Waals surface area contributed by atoms with Gasteiger partial charge in [0.15, 0.2) is 0 Å². The maximum absolute atomic E-state index is 14.0. The van der Waals surface area contributed by atoms with E-state index in [9.17, 15) is 4.39 Å². The molecule has 1 aromatic rings. The highest BCUT2D eigenvalue weighted by molar-refractivity contribution is 9.10. The van der Waals surface area contributed by atoms with Crippen molar-refractivity contribution in [3.63, 3.8) is 0 Å². The summed E-state index contributed by atoms with van der Waals surface area (Å²) < 4.78 is 14.8. The third-order valence-electron chi connectivity index (χ3n) is 3.36. The molecule has 0 radical (unpaired) electrons. The Kier molecular flexibility index (Phi) is 5.10. The highest BCUT2D eigenvalue weighted by Gasteiger charge is 2.30. The molecule has 100 valence electrons. The van der Waals surface area contributed by atoms with E-state index in [0.717, 1.165) is 40.7 Å². The summed E-state index contributed by atoms with van der Waals surface area (Å²) in [6.07, 6.45) is 2.21. The number of benzene rings is 1. The van der Waals surface area contributed by atoms with Crippen molar-refractivity contribution in [2.75, 3.05) is 6.54 Å². The first-order chi connectivity index (χ1) is 8.67. The van der Waals surface area contributed by atoms with Gasteiger partial charge in [-0.15, -0.1) is 0 Å². The maximum Gasteiger partial charge on any atom is 0.128 e. The standard InChI is InChI=1S/C14H19BrFNS/c1-3-5-17-14-10-6-9(15)7-12(16)11(10)8-18-13(14)4-2/h6-7,13-14,17H,3-5,8H2,1-2H3. The smallest absolute Gasteiger partial charge is 0.128 e. The Morgan fingerprint density at radius 3 is 2.89 bits per heavy atom. The highest BCUT2D eigenvalue weighted by Crippen LogP contribution is 2.41. The van der Waals surface area contributed by atoms with Crippen LogP contribution in [0.1, 0.15) is 43.9 Å². The summed E-state index contributed by atoms with van der Waals surface area (Å²) in [4.78, 5) is 0. The van der Waals surface area contributed by atoms with Gasteiger partial charge < -0.3 is 5.32 Å². The summed E-state index contributed by atoms with van der Waals surface area (Å²) in [6.45, 7) is 5.35. The van der Waals surface area contributed by atoms with Gasteiger partial charge in [-0.3, -0.25) is 0 Å². The molecule has 18 heavy (non-hydrogen) atoms. The molecule has 0 saturated carbocycles. The summed E-state index contributed by atoms with van der Waals surface area (Å²) in [5.74, 6) is 0.710. The van der Waals surface area contributed by atoms with Gasteiger partial charge in [0.2, 0.25) is 0 Å². The molecule has 4 heteroatoms. The van der Waals surface area contributed by atoms with Crippen molar-refractivity contribution in [3.05, 3.63) is 33.5 Å². The lowest BCUT2D eigenvalue weighted by atomic mass is 9.96. The lowest BCUT2D eigenvalue weighted by Crippen LogP contribution is -2.34. The molecule has 1 aliphatic rings. The summed E-state index contributed by atoms with van der Waals surface area (Å²) in [5.41, 5.74) is 2.02. The fraction of sp³-hybridized carbons (Fsp3) is 0.571. The SMILES string of the molecule is CCCNC1c2cc(Br)cc(F)c2CSC1CC. The summed E-state index contributed by atoms with van der Waals surface area (Å²) in [5, 5.41) is 4.11. The van der Waals surface area contributed by atoms with Gasteiger partial charge in [-0.05, 0) is 37.1 Å². The lowest BCUT2D eigenvalue weighted by Gasteiger charge is -2.34. The third-order valence-corrected chi connectivity index (χ3v) is 5.31. The average molecular weight is 332 g/mol. The van der Waals surface area contributed by atoms with Crippen LogP contribution in [0.2, 0.25) is 0 Å². The minimum atomic E-state index is -0.0790. The van der Waals surface area contributed by atoms with Gasteiger partial charge >= 0.3 is 0 Å². The van der Waals surface area contributed by atoms with Crippen LogP contribution in [0.3, 0.4) is 0 Å². The second kappa shape index (κ2) is 6.40. The second-order valence-corrected chi connectivity index (χ2v) is 6.79. The zero-order chi connectivity index (χ0) is 13.1. The molecule has 1 aromatic carbocycles. The molecular formula is C14H19BrFNS. The molecule has 1 heterocycles. The monoisotopic (exact) mass is 331 g/mol. The Balaban J connectivity index is 2.36. The second-order valence-electron chi connectivity index (χ2n) is 4.64. The molecule has 0 aliphatic carbocycles. The fourth-order valence-corrected chi connectivity index (χ4v) is 4.24. The molecule has 1 nitrogen and oxygen atoms in total. The van der Waals surface area contributed by atoms with Crippen molar-refractivity contribution in [2.45, 2.75) is 43.7 Å². The third kappa shape index (κ3) is 2.91. The molecule has 1 aliphatic heterocycles. The summed E-state index contributed by atoms with van der Waals surface area (Å²) >= 11 is 5.27. The number of nitrogens with one attached hydrogen (secondary N) is 1. The van der Waals surface area contributed by atoms with Crippen LogP contribution in [-0.4, -0.2) is 11.8 Å². The van der Waals surface area contributed by atoms with Gasteiger partial charge in [-0.2, -0.15) is 11.8 Å². The van der Waals surface area contributed by atoms with Crippen molar-refractivity contribution in [1.29, 1.82) is 0 Å². The van der Waals surface area contributed by atoms with E-state index in [1.165, 1.54) is 0 Å². The van der Waals surface area contributed by atoms with Crippen LogP contribution in [0, 0.1) is 5.82 Å². The first-order valence-electron chi connectivity index (χ1n) is 6.50. The fourth-order valence-electron chi connectivity index (χ4n) is 2.43. The lowest BCUT2D eigenvalue weighted by molar-refractivity contribution is 0.491. The minimum Gasteiger partial charge on any atom is -0.309 e. The molecular weight excluding hydrogens is 313 g/mol. The molecule has 0 fully saturated rings. The number of hydrogen-bond acceptors (Lipinski definition) is 2. The van der Waals surface area contributed by atoms with E-state index >= 15 is 0 Å². The first-order valence-corrected chi connectivity index (χ1v) is 8.34. The van der Waals surface area contributed by atoms with Crippen LogP contribution >= 0.6 is 27.7 Å². The van der Waals surface area contributed by atoms with Crippen LogP contribution in [-0.2, 0) is 5.75 Å². The largest absolute Gasteiger partial charge is 0.309 e. The Morgan fingerprint density at radius 1 is 1.44 bits per heavy atom. The number of rotatable bonds is 4. The van der Waals surface area contributed by atoms with E-state index in [1.54, 1.807) is 6.07 Å². The first kappa shape index (κ1) is 14.4. The molecule has 2 unspecified atom stereocenters. The molecule has 0 spiro atoms. The number of hydrogen-bond donors (Lipinski definition) is 1. The van der Waals surface area contributed by atoms with Gasteiger partial charge in [0.1, 0.15) is 5.82 Å². The molecule has 2 rings (SSSR count). The Morgan fingerprint density at radius 2 is 2.22 bits per heavy atom. The predicted molar refractivity (Wildman–Crippen MR) is 80.5 cm³/mol. The van der Waals surface area contributed by atoms with E-state index in [1.807, 2.05) is 11.8 Å². The van der Waals surface area contributed by atoms with Gasteiger partial charge in [-0.25, -0.2) is 4.39 Å². The van der Waals surface area contributed by atoms with Crippen molar-refractivity contribution in [3.8, 4) is 0 Å². The quantitative estimate of drug-likeness (QED) is 0.861. The van der Waals surface area contributed by atoms with Crippen LogP contribution in [0.25, 0.3) is 0 Å². The van der Waals surface area contributed by atoms with Gasteiger partial charge in [0.05, 0.1) is 0 Å². The zero-order valence-electron chi connectivity index (χ0n) is 10.8. The minimum absolute atomic E-state index is 0.0790. The molecule has 1 N–H and O–H groups in total. The molecule has 0 bridgehead atoms. The summed E-state index contributed by atoms with van der Waals surface area (Å²) in [6, 6.07) is 3.92. The number of halogens is 2. The van der Waals surface area contributed by atoms with Crippen molar-refractivity contribution in [2.24, 2.45) is 0 Å². The Labute approximate surface area is 121 Å². The molecule has 0 aromatic heterocycles. The number of thioether (sulfide) groups is 1. The average Bonchev–Trinajstić information content (AvgIpc) is 2.35. The van der Waals surface area contributed by atoms with Crippen molar-refractivity contribution < 1.29 is 4.39 Å². The molecule has 0 saturated heterocycles. The Hall–Kier alpha value is -0.0600. The van der Waals surface area contributed by atoms with E-state index in [0.29, 0.717) is 5.25 Å². The van der Waals surface area contributed by atoms with Crippen molar-refractivity contribution >= 4 is 27.7 Å². The van der Waals surface area contributed by atoms with E-state index < -0.39 is 0 Å². The predicted octanol–water partition coefficient (Wildman–Crippen LogP) is 4.65. The normalized spacial score (nSPS) is 22.9.